The molecule has 1 heterocycles. The van der Waals surface area contributed by atoms with Gasteiger partial charge in [-0.1, -0.05) is 5.16 Å². The number of oxime groups is 1. The molecule has 0 fully saturated rings. The molecule has 4 N–H and O–H groups in total. The van der Waals surface area contributed by atoms with Gasteiger partial charge < -0.3 is 20.7 Å². The van der Waals surface area contributed by atoms with E-state index in [4.69, 9.17) is 15.4 Å². The number of amidine groups is 1. The monoisotopic (exact) mass is 226 g/mol. The highest BCUT2D eigenvalue weighted by molar-refractivity contribution is 6.01. The Morgan fingerprint density at radius 3 is 3.00 bits per heavy atom. The molecule has 0 radical (unpaired) electrons. The van der Waals surface area contributed by atoms with Crippen LogP contribution in [0.4, 0.5) is 0 Å². The zero-order valence-corrected chi connectivity index (χ0v) is 9.10. The lowest BCUT2D eigenvalue weighted by molar-refractivity contribution is -0.122. The Morgan fingerprint density at radius 1 is 1.81 bits per heavy atom. The van der Waals surface area contributed by atoms with Gasteiger partial charge in [-0.15, -0.1) is 0 Å². The SMILES string of the molecule is Cc1cnc(CNC(=O)C(C)/C(N)=N/O)o1. The van der Waals surface area contributed by atoms with Gasteiger partial charge in [0.25, 0.3) is 0 Å². The Balaban J connectivity index is 2.47. The molecule has 0 saturated heterocycles. The van der Waals surface area contributed by atoms with Crippen molar-refractivity contribution < 1.29 is 14.4 Å². The van der Waals surface area contributed by atoms with Crippen LogP contribution in [0.5, 0.6) is 0 Å². The summed E-state index contributed by atoms with van der Waals surface area (Å²) in [6, 6.07) is 0. The van der Waals surface area contributed by atoms with Crippen LogP contribution >= 0.6 is 0 Å². The van der Waals surface area contributed by atoms with Crippen molar-refractivity contribution in [2.75, 3.05) is 0 Å². The molecule has 1 atom stereocenters. The van der Waals surface area contributed by atoms with Gasteiger partial charge in [-0.2, -0.15) is 0 Å². The van der Waals surface area contributed by atoms with Gasteiger partial charge in [-0.25, -0.2) is 4.98 Å². The summed E-state index contributed by atoms with van der Waals surface area (Å²) in [7, 11) is 0. The molecule has 7 heteroatoms. The predicted molar refractivity (Wildman–Crippen MR) is 55.7 cm³/mol. The zero-order valence-electron chi connectivity index (χ0n) is 9.10. The third-order valence-electron chi connectivity index (χ3n) is 2.04. The van der Waals surface area contributed by atoms with Gasteiger partial charge in [0.05, 0.1) is 18.7 Å². The third-order valence-corrected chi connectivity index (χ3v) is 2.04. The highest BCUT2D eigenvalue weighted by Gasteiger charge is 2.17. The minimum Gasteiger partial charge on any atom is -0.444 e. The normalized spacial score (nSPS) is 13.5. The summed E-state index contributed by atoms with van der Waals surface area (Å²) in [4.78, 5) is 15.4. The van der Waals surface area contributed by atoms with Crippen molar-refractivity contribution in [1.82, 2.24) is 10.3 Å². The average molecular weight is 226 g/mol. The molecule has 0 aliphatic rings. The Bertz CT molecular complexity index is 399. The van der Waals surface area contributed by atoms with Crippen LogP contribution in [0.3, 0.4) is 0 Å². The number of nitrogens with one attached hydrogen (secondary N) is 1. The van der Waals surface area contributed by atoms with E-state index in [2.05, 4.69) is 15.5 Å². The van der Waals surface area contributed by atoms with E-state index in [1.807, 2.05) is 0 Å². The van der Waals surface area contributed by atoms with Gasteiger partial charge in [0.2, 0.25) is 11.8 Å². The standard InChI is InChI=1S/C9H14N4O3/c1-5-3-11-7(16-5)4-12-9(14)6(2)8(10)13-15/h3,6,15H,4H2,1-2H3,(H2,10,13)(H,12,14). The van der Waals surface area contributed by atoms with Gasteiger partial charge >= 0.3 is 0 Å². The van der Waals surface area contributed by atoms with Crippen molar-refractivity contribution >= 4 is 11.7 Å². The van der Waals surface area contributed by atoms with Crippen LogP contribution in [0.1, 0.15) is 18.6 Å². The van der Waals surface area contributed by atoms with Gasteiger partial charge in [0.1, 0.15) is 5.76 Å². The number of hydrogen-bond acceptors (Lipinski definition) is 5. The Hall–Kier alpha value is -2.05. The molecule has 0 aliphatic heterocycles. The lowest BCUT2D eigenvalue weighted by atomic mass is 10.1. The molecule has 1 aromatic heterocycles. The maximum absolute atomic E-state index is 11.5. The lowest BCUT2D eigenvalue weighted by Gasteiger charge is -2.08. The fraction of sp³-hybridized carbons (Fsp3) is 0.444. The van der Waals surface area contributed by atoms with E-state index < -0.39 is 5.92 Å². The van der Waals surface area contributed by atoms with Crippen molar-refractivity contribution in [3.8, 4) is 0 Å². The molecule has 0 saturated carbocycles. The van der Waals surface area contributed by atoms with E-state index in [0.717, 1.165) is 0 Å². The highest BCUT2D eigenvalue weighted by Crippen LogP contribution is 2.01. The number of oxazole rings is 1. The maximum atomic E-state index is 11.5. The Kier molecular flexibility index (Phi) is 3.87. The van der Waals surface area contributed by atoms with Crippen molar-refractivity contribution in [1.29, 1.82) is 0 Å². The number of rotatable bonds is 4. The van der Waals surface area contributed by atoms with Crippen LogP contribution in [0.2, 0.25) is 0 Å². The molecular formula is C9H14N4O3. The second-order valence-corrected chi connectivity index (χ2v) is 3.33. The van der Waals surface area contributed by atoms with E-state index in [9.17, 15) is 4.79 Å². The van der Waals surface area contributed by atoms with E-state index in [0.29, 0.717) is 11.7 Å². The van der Waals surface area contributed by atoms with E-state index in [1.54, 1.807) is 13.1 Å². The quantitative estimate of drug-likeness (QED) is 0.289. The number of aromatic nitrogens is 1. The summed E-state index contributed by atoms with van der Waals surface area (Å²) < 4.78 is 5.16. The molecule has 1 aromatic rings. The van der Waals surface area contributed by atoms with Crippen LogP contribution < -0.4 is 11.1 Å². The van der Waals surface area contributed by atoms with Crippen molar-refractivity contribution in [3.63, 3.8) is 0 Å². The molecule has 7 nitrogen and oxygen atoms in total. The second kappa shape index (κ2) is 5.15. The smallest absolute Gasteiger partial charge is 0.230 e. The number of nitrogens with zero attached hydrogens (tertiary/aromatic N) is 2. The molecule has 0 aromatic carbocycles. The first-order valence-electron chi connectivity index (χ1n) is 4.71. The number of aryl methyl sites for hydroxylation is 1. The van der Waals surface area contributed by atoms with Crippen LogP contribution in [0, 0.1) is 12.8 Å². The van der Waals surface area contributed by atoms with E-state index in [1.165, 1.54) is 6.92 Å². The summed E-state index contributed by atoms with van der Waals surface area (Å²) in [6.45, 7) is 3.47. The number of hydrogen-bond donors (Lipinski definition) is 3. The van der Waals surface area contributed by atoms with Crippen LogP contribution in [-0.4, -0.2) is 21.9 Å². The van der Waals surface area contributed by atoms with Gasteiger partial charge in [-0.3, -0.25) is 4.79 Å². The summed E-state index contributed by atoms with van der Waals surface area (Å²) in [5.41, 5.74) is 5.29. The fourth-order valence-electron chi connectivity index (χ4n) is 1.02. The van der Waals surface area contributed by atoms with Crippen LogP contribution in [0.25, 0.3) is 0 Å². The Labute approximate surface area is 92.3 Å². The highest BCUT2D eigenvalue weighted by atomic mass is 16.4. The first-order chi connectivity index (χ1) is 7.54. The summed E-state index contributed by atoms with van der Waals surface area (Å²) >= 11 is 0. The van der Waals surface area contributed by atoms with Crippen LogP contribution in [0.15, 0.2) is 15.8 Å². The molecular weight excluding hydrogens is 212 g/mol. The molecule has 88 valence electrons. The minimum atomic E-state index is -0.693. The number of nitrogens with two attached hydrogens (primary N) is 1. The van der Waals surface area contributed by atoms with Crippen LogP contribution in [-0.2, 0) is 11.3 Å². The first kappa shape index (κ1) is 12.0. The maximum Gasteiger partial charge on any atom is 0.230 e. The number of amides is 1. The third kappa shape index (κ3) is 2.97. The number of carbonyl (C=O) groups is 1. The van der Waals surface area contributed by atoms with Gasteiger partial charge in [0.15, 0.2) is 5.84 Å². The molecule has 16 heavy (non-hydrogen) atoms. The zero-order chi connectivity index (χ0) is 12.1. The minimum absolute atomic E-state index is 0.138. The molecule has 1 unspecified atom stereocenters. The molecule has 0 spiro atoms. The van der Waals surface area contributed by atoms with Crippen molar-refractivity contribution in [3.05, 3.63) is 17.8 Å². The van der Waals surface area contributed by atoms with E-state index in [-0.39, 0.29) is 18.3 Å². The average Bonchev–Trinajstić information content (AvgIpc) is 2.69. The molecule has 1 amide bonds. The fourth-order valence-corrected chi connectivity index (χ4v) is 1.02. The van der Waals surface area contributed by atoms with Crippen molar-refractivity contribution in [2.45, 2.75) is 20.4 Å². The predicted octanol–water partition coefficient (Wildman–Crippen LogP) is -0.0183. The largest absolute Gasteiger partial charge is 0.444 e. The molecule has 1 rings (SSSR count). The second-order valence-electron chi connectivity index (χ2n) is 3.33. The Morgan fingerprint density at radius 2 is 2.50 bits per heavy atom. The molecule has 0 aliphatic carbocycles. The number of carbonyl (C=O) groups excluding carboxylic acids is 1. The lowest BCUT2D eigenvalue weighted by Crippen LogP contribution is -2.36. The van der Waals surface area contributed by atoms with Gasteiger partial charge in [-0.05, 0) is 13.8 Å². The van der Waals surface area contributed by atoms with E-state index >= 15 is 0 Å². The van der Waals surface area contributed by atoms with Crippen molar-refractivity contribution in [2.24, 2.45) is 16.8 Å². The summed E-state index contributed by atoms with van der Waals surface area (Å²) in [5.74, 6) is -0.0976. The first-order valence-corrected chi connectivity index (χ1v) is 4.71. The molecule has 0 bridgehead atoms. The summed E-state index contributed by atoms with van der Waals surface area (Å²) in [5, 5.41) is 13.7. The van der Waals surface area contributed by atoms with Gasteiger partial charge in [0, 0.05) is 0 Å². The topological polar surface area (TPSA) is 114 Å². The summed E-state index contributed by atoms with van der Waals surface area (Å²) in [6.07, 6.45) is 1.56.